The Bertz CT molecular complexity index is 529. The molecular weight excluding hydrogens is 280 g/mol. The molecule has 3 saturated carbocycles. The fraction of sp³-hybridized carbons (Fsp3) is 0.889. The van der Waals surface area contributed by atoms with Crippen LogP contribution in [0.5, 0.6) is 0 Å². The van der Waals surface area contributed by atoms with E-state index in [9.17, 15) is 14.7 Å². The number of rotatable bonds is 0. The Kier molecular flexibility index (Phi) is 3.04. The number of fused-ring (bicyclic) bond motifs is 5. The number of carbonyl (C=O) groups is 2. The summed E-state index contributed by atoms with van der Waals surface area (Å²) in [6, 6.07) is 0. The Morgan fingerprint density at radius 1 is 1.09 bits per heavy atom. The van der Waals surface area contributed by atoms with Crippen molar-refractivity contribution in [1.29, 1.82) is 0 Å². The second kappa shape index (κ2) is 4.56. The Labute approximate surface area is 131 Å². The molecular formula is C18H26O4. The molecule has 0 radical (unpaired) electrons. The predicted molar refractivity (Wildman–Crippen MR) is 79.9 cm³/mol. The lowest BCUT2D eigenvalue weighted by Crippen LogP contribution is -2.61. The number of aliphatic hydroxyl groups is 1. The Hall–Kier alpha value is -0.900. The van der Waals surface area contributed by atoms with Crippen LogP contribution in [0.4, 0.5) is 0 Å². The molecule has 122 valence electrons. The molecule has 4 aliphatic rings. The monoisotopic (exact) mass is 306 g/mol. The first-order valence-corrected chi connectivity index (χ1v) is 8.77. The van der Waals surface area contributed by atoms with E-state index in [1.54, 1.807) is 0 Å². The number of ether oxygens (including phenoxy) is 1. The van der Waals surface area contributed by atoms with Gasteiger partial charge in [-0.05, 0) is 49.9 Å². The first-order chi connectivity index (χ1) is 10.4. The smallest absolute Gasteiger partial charge is 0.306 e. The maximum Gasteiger partial charge on any atom is 0.306 e. The summed E-state index contributed by atoms with van der Waals surface area (Å²) in [7, 11) is 0. The highest BCUT2D eigenvalue weighted by Crippen LogP contribution is 2.63. The van der Waals surface area contributed by atoms with Crippen LogP contribution in [0.15, 0.2) is 0 Å². The van der Waals surface area contributed by atoms with E-state index in [1.807, 2.05) is 0 Å². The number of hydrogen-bond acceptors (Lipinski definition) is 4. The van der Waals surface area contributed by atoms with Gasteiger partial charge in [0.2, 0.25) is 0 Å². The van der Waals surface area contributed by atoms with Gasteiger partial charge in [-0.15, -0.1) is 0 Å². The number of esters is 1. The van der Waals surface area contributed by atoms with Crippen molar-refractivity contribution in [1.82, 2.24) is 0 Å². The molecule has 0 amide bonds. The summed E-state index contributed by atoms with van der Waals surface area (Å²) < 4.78 is 5.56. The summed E-state index contributed by atoms with van der Waals surface area (Å²) >= 11 is 0. The van der Waals surface area contributed by atoms with E-state index < -0.39 is 6.10 Å². The molecule has 0 aromatic carbocycles. The molecule has 1 saturated heterocycles. The zero-order valence-electron chi connectivity index (χ0n) is 13.5. The first kappa shape index (κ1) is 14.7. The zero-order chi connectivity index (χ0) is 15.7. The van der Waals surface area contributed by atoms with Gasteiger partial charge in [-0.25, -0.2) is 0 Å². The lowest BCUT2D eigenvalue weighted by molar-refractivity contribution is -0.216. The molecule has 1 N–H and O–H groups in total. The SMILES string of the molecule is C[C@]12CCC(=O)O[C@H]1[C@H](O)C[C@@H]1[C@@H]2CC[C@]2(C)C(=O)CC[C@@H]12. The van der Waals surface area contributed by atoms with E-state index in [2.05, 4.69) is 13.8 Å². The van der Waals surface area contributed by atoms with Crippen LogP contribution in [-0.2, 0) is 14.3 Å². The largest absolute Gasteiger partial charge is 0.459 e. The van der Waals surface area contributed by atoms with Gasteiger partial charge in [0.05, 0.1) is 6.10 Å². The van der Waals surface area contributed by atoms with Crippen molar-refractivity contribution in [3.63, 3.8) is 0 Å². The number of Topliss-reactive ketones (excluding diaryl/α,β-unsaturated/α-hetero) is 1. The maximum atomic E-state index is 12.4. The second-order valence-electron chi connectivity index (χ2n) is 8.51. The molecule has 4 rings (SSSR count). The van der Waals surface area contributed by atoms with Crippen LogP contribution in [0.1, 0.15) is 58.8 Å². The standard InChI is InChI=1S/C18H26O4/c1-17-7-5-12-10(11(17)3-4-14(17)20)9-13(19)16-18(12,2)8-6-15(21)22-16/h10-13,16,19H,3-9H2,1-2H3/t10-,11-,12-,13+,16-,17-,18+/m0/s1. The van der Waals surface area contributed by atoms with Crippen LogP contribution in [0, 0.1) is 28.6 Å². The molecule has 0 unspecified atom stereocenters. The van der Waals surface area contributed by atoms with Gasteiger partial charge in [-0.2, -0.15) is 0 Å². The Morgan fingerprint density at radius 3 is 2.64 bits per heavy atom. The molecule has 22 heavy (non-hydrogen) atoms. The van der Waals surface area contributed by atoms with Crippen molar-refractivity contribution in [2.75, 3.05) is 0 Å². The fourth-order valence-electron chi connectivity index (χ4n) is 6.37. The number of carbonyl (C=O) groups excluding carboxylic acids is 2. The number of ketones is 1. The molecule has 1 heterocycles. The van der Waals surface area contributed by atoms with E-state index in [-0.39, 0.29) is 22.9 Å². The van der Waals surface area contributed by atoms with Gasteiger partial charge in [-0.3, -0.25) is 9.59 Å². The summed E-state index contributed by atoms with van der Waals surface area (Å²) in [6.45, 7) is 4.34. The Morgan fingerprint density at radius 2 is 1.86 bits per heavy atom. The molecule has 4 heteroatoms. The van der Waals surface area contributed by atoms with E-state index in [0.717, 1.165) is 25.7 Å². The van der Waals surface area contributed by atoms with Gasteiger partial charge in [-0.1, -0.05) is 13.8 Å². The van der Waals surface area contributed by atoms with E-state index >= 15 is 0 Å². The van der Waals surface area contributed by atoms with Gasteiger partial charge >= 0.3 is 5.97 Å². The van der Waals surface area contributed by atoms with Crippen LogP contribution in [-0.4, -0.2) is 29.1 Å². The lowest BCUT2D eigenvalue weighted by atomic mass is 9.48. The van der Waals surface area contributed by atoms with Crippen molar-refractivity contribution in [2.24, 2.45) is 28.6 Å². The van der Waals surface area contributed by atoms with Crippen LogP contribution < -0.4 is 0 Å². The summed E-state index contributed by atoms with van der Waals surface area (Å²) in [5.41, 5.74) is -0.293. The molecule has 0 aromatic rings. The van der Waals surface area contributed by atoms with Gasteiger partial charge in [0.15, 0.2) is 0 Å². The summed E-state index contributed by atoms with van der Waals surface area (Å²) in [4.78, 5) is 24.0. The van der Waals surface area contributed by atoms with Gasteiger partial charge < -0.3 is 9.84 Å². The maximum absolute atomic E-state index is 12.4. The molecule has 0 bridgehead atoms. The van der Waals surface area contributed by atoms with Crippen LogP contribution in [0.2, 0.25) is 0 Å². The van der Waals surface area contributed by atoms with Gasteiger partial charge in [0.25, 0.3) is 0 Å². The van der Waals surface area contributed by atoms with Crippen molar-refractivity contribution < 1.29 is 19.4 Å². The number of aliphatic hydroxyl groups excluding tert-OH is 1. The van der Waals surface area contributed by atoms with Crippen LogP contribution >= 0.6 is 0 Å². The van der Waals surface area contributed by atoms with E-state index in [0.29, 0.717) is 42.8 Å². The highest BCUT2D eigenvalue weighted by Gasteiger charge is 2.63. The van der Waals surface area contributed by atoms with Crippen LogP contribution in [0.3, 0.4) is 0 Å². The molecule has 4 nitrogen and oxygen atoms in total. The average Bonchev–Trinajstić information content (AvgIpc) is 2.77. The summed E-state index contributed by atoms with van der Waals surface area (Å²) in [5, 5.41) is 10.6. The molecule has 4 fully saturated rings. The van der Waals surface area contributed by atoms with Gasteiger partial charge in [0.1, 0.15) is 11.9 Å². The summed E-state index contributed by atoms with van der Waals surface area (Å²) in [5.74, 6) is 1.53. The molecule has 0 spiro atoms. The summed E-state index contributed by atoms with van der Waals surface area (Å²) in [6.07, 6.45) is 4.70. The number of hydrogen-bond donors (Lipinski definition) is 1. The third kappa shape index (κ3) is 1.73. The second-order valence-corrected chi connectivity index (χ2v) is 8.51. The van der Waals surface area contributed by atoms with Gasteiger partial charge in [0, 0.05) is 23.7 Å². The predicted octanol–water partition coefficient (Wildman–Crippen LogP) is 2.47. The topological polar surface area (TPSA) is 63.6 Å². The third-order valence-corrected chi connectivity index (χ3v) is 7.63. The molecule has 3 aliphatic carbocycles. The Balaban J connectivity index is 1.69. The van der Waals surface area contributed by atoms with E-state index in [4.69, 9.17) is 4.74 Å². The van der Waals surface area contributed by atoms with E-state index in [1.165, 1.54) is 0 Å². The molecule has 1 aliphatic heterocycles. The highest BCUT2D eigenvalue weighted by atomic mass is 16.6. The molecule has 7 atom stereocenters. The van der Waals surface area contributed by atoms with Crippen molar-refractivity contribution in [2.45, 2.75) is 71.0 Å². The van der Waals surface area contributed by atoms with Crippen molar-refractivity contribution in [3.05, 3.63) is 0 Å². The van der Waals surface area contributed by atoms with Crippen molar-refractivity contribution >= 4 is 11.8 Å². The zero-order valence-corrected chi connectivity index (χ0v) is 13.5. The minimum Gasteiger partial charge on any atom is -0.459 e. The fourth-order valence-corrected chi connectivity index (χ4v) is 6.37. The molecule has 0 aromatic heterocycles. The third-order valence-electron chi connectivity index (χ3n) is 7.63. The normalized spacial score (nSPS) is 54.2. The lowest BCUT2D eigenvalue weighted by Gasteiger charge is -2.59. The van der Waals surface area contributed by atoms with Crippen molar-refractivity contribution in [3.8, 4) is 0 Å². The minimum absolute atomic E-state index is 0.122. The average molecular weight is 306 g/mol. The first-order valence-electron chi connectivity index (χ1n) is 8.77. The van der Waals surface area contributed by atoms with Crippen LogP contribution in [0.25, 0.3) is 0 Å². The quantitative estimate of drug-likeness (QED) is 0.698. The highest BCUT2D eigenvalue weighted by molar-refractivity contribution is 5.87. The minimum atomic E-state index is -0.575.